The standard InChI is InChI=1S/C22H29N3O2/c1-4-14-25(15-21(26)23-19-12-8-6-10-17(19)3)16-22(27)24-20-13-9-7-11-18(20)5-2/h6-13H,4-5,14-16H2,1-3H3,(H,23,26)(H,24,27)/p+1. The predicted octanol–water partition coefficient (Wildman–Crippen LogP) is 2.43. The first-order valence-electron chi connectivity index (χ1n) is 9.60. The maximum absolute atomic E-state index is 12.5. The summed E-state index contributed by atoms with van der Waals surface area (Å²) < 4.78 is 0. The van der Waals surface area contributed by atoms with Crippen molar-refractivity contribution >= 4 is 23.2 Å². The Bertz CT molecular complexity index is 774. The zero-order valence-electron chi connectivity index (χ0n) is 16.5. The Balaban J connectivity index is 1.95. The van der Waals surface area contributed by atoms with Crippen molar-refractivity contribution in [2.45, 2.75) is 33.6 Å². The lowest BCUT2D eigenvalue weighted by molar-refractivity contribution is -0.883. The molecular weight excluding hydrogens is 338 g/mol. The molecule has 5 heteroatoms. The highest BCUT2D eigenvalue weighted by molar-refractivity contribution is 5.93. The van der Waals surface area contributed by atoms with Crippen LogP contribution in [0.25, 0.3) is 0 Å². The number of para-hydroxylation sites is 2. The number of amides is 2. The topological polar surface area (TPSA) is 62.6 Å². The Hall–Kier alpha value is -2.66. The number of anilines is 2. The van der Waals surface area contributed by atoms with Crippen LogP contribution in [0.15, 0.2) is 48.5 Å². The molecule has 2 amide bonds. The second-order valence-corrected chi connectivity index (χ2v) is 6.78. The number of carbonyl (C=O) groups is 2. The summed E-state index contributed by atoms with van der Waals surface area (Å²) in [5, 5.41) is 5.94. The van der Waals surface area contributed by atoms with Crippen LogP contribution >= 0.6 is 0 Å². The molecule has 0 aliphatic carbocycles. The molecule has 3 N–H and O–H groups in total. The van der Waals surface area contributed by atoms with Gasteiger partial charge in [-0.3, -0.25) is 9.59 Å². The summed E-state index contributed by atoms with van der Waals surface area (Å²) in [6, 6.07) is 15.5. The van der Waals surface area contributed by atoms with Gasteiger partial charge in [0.2, 0.25) is 0 Å². The van der Waals surface area contributed by atoms with E-state index in [0.717, 1.165) is 46.8 Å². The van der Waals surface area contributed by atoms with Gasteiger partial charge in [0, 0.05) is 11.4 Å². The summed E-state index contributed by atoms with van der Waals surface area (Å²) >= 11 is 0. The largest absolute Gasteiger partial charge is 0.321 e. The molecule has 0 heterocycles. The average molecular weight is 369 g/mol. The van der Waals surface area contributed by atoms with Gasteiger partial charge in [-0.1, -0.05) is 50.2 Å². The van der Waals surface area contributed by atoms with Crippen molar-refractivity contribution in [3.63, 3.8) is 0 Å². The normalized spacial score (nSPS) is 11.7. The Morgan fingerprint density at radius 2 is 1.41 bits per heavy atom. The molecule has 2 aromatic rings. The zero-order chi connectivity index (χ0) is 19.6. The maximum atomic E-state index is 12.5. The monoisotopic (exact) mass is 368 g/mol. The van der Waals surface area contributed by atoms with E-state index in [1.165, 1.54) is 0 Å². The van der Waals surface area contributed by atoms with Gasteiger partial charge in [-0.15, -0.1) is 0 Å². The molecule has 0 aromatic heterocycles. The molecule has 0 aliphatic rings. The molecule has 0 spiro atoms. The SMILES string of the molecule is CCC[NH+](CC(=O)Nc1ccccc1C)CC(=O)Nc1ccccc1CC. The number of carbonyl (C=O) groups excluding carboxylic acids is 2. The third-order valence-electron chi connectivity index (χ3n) is 4.52. The summed E-state index contributed by atoms with van der Waals surface area (Å²) in [7, 11) is 0. The van der Waals surface area contributed by atoms with Gasteiger partial charge < -0.3 is 15.5 Å². The lowest BCUT2D eigenvalue weighted by atomic mass is 10.1. The molecule has 0 radical (unpaired) electrons. The average Bonchev–Trinajstić information content (AvgIpc) is 2.64. The van der Waals surface area contributed by atoms with Gasteiger partial charge in [-0.25, -0.2) is 0 Å². The zero-order valence-corrected chi connectivity index (χ0v) is 16.5. The summed E-state index contributed by atoms with van der Waals surface area (Å²) in [6.45, 7) is 7.39. The third-order valence-corrected chi connectivity index (χ3v) is 4.52. The van der Waals surface area contributed by atoms with Gasteiger partial charge in [0.25, 0.3) is 11.8 Å². The number of hydrogen-bond acceptors (Lipinski definition) is 2. The molecular formula is C22H30N3O2+. The van der Waals surface area contributed by atoms with Crippen molar-refractivity contribution in [2.24, 2.45) is 0 Å². The van der Waals surface area contributed by atoms with Gasteiger partial charge in [-0.2, -0.15) is 0 Å². The van der Waals surface area contributed by atoms with Crippen molar-refractivity contribution < 1.29 is 14.5 Å². The summed E-state index contributed by atoms with van der Waals surface area (Å²) in [5.74, 6) is -0.141. The highest BCUT2D eigenvalue weighted by Crippen LogP contribution is 2.15. The Morgan fingerprint density at radius 1 is 0.852 bits per heavy atom. The molecule has 27 heavy (non-hydrogen) atoms. The van der Waals surface area contributed by atoms with Crippen LogP contribution in [0, 0.1) is 6.92 Å². The smallest absolute Gasteiger partial charge is 0.279 e. The van der Waals surface area contributed by atoms with Crippen LogP contribution in [0.2, 0.25) is 0 Å². The Kier molecular flexibility index (Phi) is 8.01. The van der Waals surface area contributed by atoms with E-state index in [2.05, 4.69) is 24.5 Å². The number of benzene rings is 2. The Labute approximate surface area is 161 Å². The fourth-order valence-corrected chi connectivity index (χ4v) is 3.10. The maximum Gasteiger partial charge on any atom is 0.279 e. The lowest BCUT2D eigenvalue weighted by Crippen LogP contribution is -3.14. The van der Waals surface area contributed by atoms with E-state index >= 15 is 0 Å². The van der Waals surface area contributed by atoms with Crippen LogP contribution in [0.5, 0.6) is 0 Å². The van der Waals surface area contributed by atoms with Crippen LogP contribution in [0.3, 0.4) is 0 Å². The first kappa shape index (κ1) is 20.6. The molecule has 0 fully saturated rings. The van der Waals surface area contributed by atoms with Crippen LogP contribution in [-0.4, -0.2) is 31.4 Å². The minimum atomic E-state index is -0.0745. The van der Waals surface area contributed by atoms with E-state index in [0.29, 0.717) is 0 Å². The summed E-state index contributed by atoms with van der Waals surface area (Å²) in [5.41, 5.74) is 3.81. The fourth-order valence-electron chi connectivity index (χ4n) is 3.10. The molecule has 0 bridgehead atoms. The minimum absolute atomic E-state index is 0.0666. The quantitative estimate of drug-likeness (QED) is 0.637. The van der Waals surface area contributed by atoms with E-state index < -0.39 is 0 Å². The number of quaternary nitrogens is 1. The molecule has 2 aromatic carbocycles. The van der Waals surface area contributed by atoms with Crippen LogP contribution in [0.1, 0.15) is 31.4 Å². The molecule has 1 unspecified atom stereocenters. The van der Waals surface area contributed by atoms with Gasteiger partial charge in [-0.05, 0) is 43.0 Å². The molecule has 0 saturated heterocycles. The molecule has 0 saturated carbocycles. The highest BCUT2D eigenvalue weighted by atomic mass is 16.2. The number of hydrogen-bond donors (Lipinski definition) is 3. The van der Waals surface area contributed by atoms with Crippen molar-refractivity contribution in [2.75, 3.05) is 30.3 Å². The van der Waals surface area contributed by atoms with E-state index in [1.54, 1.807) is 0 Å². The summed E-state index contributed by atoms with van der Waals surface area (Å²) in [6.07, 6.45) is 1.77. The van der Waals surface area contributed by atoms with Crippen molar-refractivity contribution in [1.29, 1.82) is 0 Å². The highest BCUT2D eigenvalue weighted by Gasteiger charge is 2.18. The van der Waals surface area contributed by atoms with Crippen molar-refractivity contribution in [3.05, 3.63) is 59.7 Å². The lowest BCUT2D eigenvalue weighted by Gasteiger charge is -2.19. The molecule has 0 aliphatic heterocycles. The molecule has 1 atom stereocenters. The third kappa shape index (κ3) is 6.53. The summed E-state index contributed by atoms with van der Waals surface area (Å²) in [4.78, 5) is 25.9. The minimum Gasteiger partial charge on any atom is -0.321 e. The fraction of sp³-hybridized carbons (Fsp3) is 0.364. The van der Waals surface area contributed by atoms with Gasteiger partial charge in [0.05, 0.1) is 6.54 Å². The second kappa shape index (κ2) is 10.5. The molecule has 144 valence electrons. The first-order valence-corrected chi connectivity index (χ1v) is 9.60. The Morgan fingerprint density at radius 3 is 2.00 bits per heavy atom. The van der Waals surface area contributed by atoms with Gasteiger partial charge in [0.1, 0.15) is 0 Å². The van der Waals surface area contributed by atoms with E-state index in [1.807, 2.05) is 55.5 Å². The van der Waals surface area contributed by atoms with E-state index in [9.17, 15) is 9.59 Å². The number of rotatable bonds is 9. The van der Waals surface area contributed by atoms with Crippen LogP contribution in [0.4, 0.5) is 11.4 Å². The van der Waals surface area contributed by atoms with Crippen LogP contribution < -0.4 is 15.5 Å². The van der Waals surface area contributed by atoms with Crippen molar-refractivity contribution in [1.82, 2.24) is 0 Å². The molecule has 5 nitrogen and oxygen atoms in total. The van der Waals surface area contributed by atoms with Crippen molar-refractivity contribution in [3.8, 4) is 0 Å². The first-order chi connectivity index (χ1) is 13.0. The molecule has 2 rings (SSSR count). The number of nitrogens with one attached hydrogen (secondary N) is 3. The predicted molar refractivity (Wildman–Crippen MR) is 110 cm³/mol. The van der Waals surface area contributed by atoms with Gasteiger partial charge in [0.15, 0.2) is 13.1 Å². The van der Waals surface area contributed by atoms with Gasteiger partial charge >= 0.3 is 0 Å². The second-order valence-electron chi connectivity index (χ2n) is 6.78. The van der Waals surface area contributed by atoms with E-state index in [4.69, 9.17) is 0 Å². The van der Waals surface area contributed by atoms with Crippen LogP contribution in [-0.2, 0) is 16.0 Å². The number of aryl methyl sites for hydroxylation is 2. The van der Waals surface area contributed by atoms with E-state index in [-0.39, 0.29) is 24.9 Å².